The monoisotopic (exact) mass is 194 g/mol. The van der Waals surface area contributed by atoms with Crippen LogP contribution in [-0.4, -0.2) is 12.3 Å². The molecule has 0 unspecified atom stereocenters. The third-order valence-corrected chi connectivity index (χ3v) is 3.34. The lowest BCUT2D eigenvalue weighted by molar-refractivity contribution is 0.0643. The van der Waals surface area contributed by atoms with Crippen molar-refractivity contribution in [2.24, 2.45) is 11.1 Å². The van der Waals surface area contributed by atoms with Gasteiger partial charge in [0.1, 0.15) is 12.3 Å². The van der Waals surface area contributed by atoms with Gasteiger partial charge in [0.2, 0.25) is 0 Å². The molecular weight excluding hydrogens is 174 g/mol. The summed E-state index contributed by atoms with van der Waals surface area (Å²) in [5.74, 6) is 0.574. The van der Waals surface area contributed by atoms with E-state index in [0.717, 1.165) is 0 Å². The van der Waals surface area contributed by atoms with Gasteiger partial charge in [0.15, 0.2) is 0 Å². The van der Waals surface area contributed by atoms with Gasteiger partial charge in [-0.15, -0.1) is 0 Å². The van der Waals surface area contributed by atoms with E-state index in [1.54, 1.807) is 0 Å². The predicted octanol–water partition coefficient (Wildman–Crippen LogP) is 3.39. The molecule has 2 saturated carbocycles. The molecule has 0 amide bonds. The molecule has 2 rings (SSSR count). The van der Waals surface area contributed by atoms with E-state index >= 15 is 0 Å². The minimum Gasteiger partial charge on any atom is -0.392 e. The van der Waals surface area contributed by atoms with Crippen molar-refractivity contribution >= 4 is 6.21 Å². The molecule has 14 heavy (non-hydrogen) atoms. The Morgan fingerprint density at radius 3 is 2.21 bits per heavy atom. The Balaban J connectivity index is 1.65. The molecule has 1 radical (unpaired) electrons. The molecule has 0 aliphatic heterocycles. The van der Waals surface area contributed by atoms with Crippen LogP contribution in [0.25, 0.3) is 0 Å². The first-order chi connectivity index (χ1) is 6.95. The third-order valence-electron chi connectivity index (χ3n) is 3.34. The van der Waals surface area contributed by atoms with Crippen LogP contribution in [0.4, 0.5) is 0 Å². The first kappa shape index (κ1) is 10.0. The molecule has 0 heterocycles. The van der Waals surface area contributed by atoms with Crippen molar-refractivity contribution in [3.63, 3.8) is 0 Å². The van der Waals surface area contributed by atoms with Gasteiger partial charge in [-0.25, -0.2) is 0 Å². The minimum absolute atomic E-state index is 0.395. The van der Waals surface area contributed by atoms with Gasteiger partial charge in [0.25, 0.3) is 0 Å². The van der Waals surface area contributed by atoms with E-state index in [-0.39, 0.29) is 0 Å². The molecule has 0 atom stereocenters. The lowest BCUT2D eigenvalue weighted by Gasteiger charge is -2.16. The van der Waals surface area contributed by atoms with Gasteiger partial charge < -0.3 is 4.84 Å². The molecular formula is C12H20NO. The Morgan fingerprint density at radius 2 is 1.50 bits per heavy atom. The molecule has 2 nitrogen and oxygen atoms in total. The summed E-state index contributed by atoms with van der Waals surface area (Å²) in [6.45, 7) is 0. The number of hydrogen-bond donors (Lipinski definition) is 0. The van der Waals surface area contributed by atoms with Crippen molar-refractivity contribution in [2.75, 3.05) is 0 Å². The highest BCUT2D eigenvalue weighted by atomic mass is 16.6. The Morgan fingerprint density at radius 1 is 0.857 bits per heavy atom. The van der Waals surface area contributed by atoms with E-state index in [2.05, 4.69) is 11.4 Å². The van der Waals surface area contributed by atoms with Crippen LogP contribution in [0.2, 0.25) is 0 Å². The summed E-state index contributed by atoms with van der Waals surface area (Å²) in [7, 11) is 0. The van der Waals surface area contributed by atoms with E-state index in [4.69, 9.17) is 4.84 Å². The van der Waals surface area contributed by atoms with Gasteiger partial charge in [-0.1, -0.05) is 24.4 Å². The van der Waals surface area contributed by atoms with Gasteiger partial charge in [-0.3, -0.25) is 0 Å². The predicted molar refractivity (Wildman–Crippen MR) is 57.4 cm³/mol. The maximum absolute atomic E-state index is 5.42. The SMILES string of the molecule is [C](=N\OC1CCCC1)/C1CCCCC1. The molecule has 0 aromatic rings. The summed E-state index contributed by atoms with van der Waals surface area (Å²) in [4.78, 5) is 5.42. The molecule has 0 aromatic carbocycles. The Kier molecular flexibility index (Phi) is 3.84. The van der Waals surface area contributed by atoms with E-state index in [1.165, 1.54) is 57.8 Å². The molecule has 2 fully saturated rings. The van der Waals surface area contributed by atoms with Gasteiger partial charge in [-0.2, -0.15) is 0 Å². The second kappa shape index (κ2) is 5.38. The number of rotatable bonds is 3. The number of hydrogen-bond acceptors (Lipinski definition) is 2. The van der Waals surface area contributed by atoms with Crippen LogP contribution in [0, 0.1) is 5.92 Å². The van der Waals surface area contributed by atoms with Crippen molar-refractivity contribution in [1.82, 2.24) is 0 Å². The van der Waals surface area contributed by atoms with Crippen molar-refractivity contribution < 1.29 is 4.84 Å². The molecule has 0 aromatic heterocycles. The largest absolute Gasteiger partial charge is 0.392 e. The standard InChI is InChI=1S/C12H20NO/c1-2-6-11(7-3-1)10-13-14-12-8-4-5-9-12/h11-12H,1-9H2. The zero-order chi connectivity index (χ0) is 9.64. The third kappa shape index (κ3) is 3.00. The van der Waals surface area contributed by atoms with Crippen LogP contribution in [0.3, 0.4) is 0 Å². The van der Waals surface area contributed by atoms with Crippen LogP contribution in [-0.2, 0) is 4.84 Å². The van der Waals surface area contributed by atoms with Crippen LogP contribution < -0.4 is 0 Å². The summed E-state index contributed by atoms with van der Waals surface area (Å²) >= 11 is 0. The van der Waals surface area contributed by atoms with Crippen molar-refractivity contribution in [1.29, 1.82) is 0 Å². The normalized spacial score (nSPS) is 26.0. The Bertz CT molecular complexity index is 179. The van der Waals surface area contributed by atoms with E-state index in [0.29, 0.717) is 12.0 Å². The highest BCUT2D eigenvalue weighted by Crippen LogP contribution is 2.23. The zero-order valence-corrected chi connectivity index (χ0v) is 8.87. The molecule has 0 spiro atoms. The van der Waals surface area contributed by atoms with Crippen LogP contribution in [0.5, 0.6) is 0 Å². The average molecular weight is 194 g/mol. The van der Waals surface area contributed by atoms with Crippen LogP contribution in [0.1, 0.15) is 57.8 Å². The summed E-state index contributed by atoms with van der Waals surface area (Å²) in [5.41, 5.74) is 0. The van der Waals surface area contributed by atoms with E-state index in [1.807, 2.05) is 0 Å². The van der Waals surface area contributed by atoms with Gasteiger partial charge >= 0.3 is 0 Å². The fraction of sp³-hybridized carbons (Fsp3) is 0.917. The van der Waals surface area contributed by atoms with E-state index in [9.17, 15) is 0 Å². The topological polar surface area (TPSA) is 21.6 Å². The average Bonchev–Trinajstić information content (AvgIpc) is 2.72. The van der Waals surface area contributed by atoms with Gasteiger partial charge in [-0.05, 0) is 38.5 Å². The van der Waals surface area contributed by atoms with Crippen molar-refractivity contribution in [3.05, 3.63) is 0 Å². The fourth-order valence-electron chi connectivity index (χ4n) is 2.40. The molecule has 0 N–H and O–H groups in total. The zero-order valence-electron chi connectivity index (χ0n) is 8.87. The first-order valence-corrected chi connectivity index (χ1v) is 6.06. The Labute approximate surface area is 86.7 Å². The highest BCUT2D eigenvalue weighted by Gasteiger charge is 2.16. The molecule has 2 heteroatoms. The lowest BCUT2D eigenvalue weighted by atomic mass is 9.90. The Hall–Kier alpha value is -0.530. The smallest absolute Gasteiger partial charge is 0.127 e. The highest BCUT2D eigenvalue weighted by molar-refractivity contribution is 5.59. The fourth-order valence-corrected chi connectivity index (χ4v) is 2.40. The maximum atomic E-state index is 5.42. The minimum atomic E-state index is 0.395. The van der Waals surface area contributed by atoms with Crippen molar-refractivity contribution in [2.45, 2.75) is 63.9 Å². The maximum Gasteiger partial charge on any atom is 0.127 e. The molecule has 2 aliphatic carbocycles. The van der Waals surface area contributed by atoms with Crippen molar-refractivity contribution in [3.8, 4) is 0 Å². The van der Waals surface area contributed by atoms with Gasteiger partial charge in [0.05, 0.1) is 0 Å². The summed E-state index contributed by atoms with van der Waals surface area (Å²) < 4.78 is 0. The lowest BCUT2D eigenvalue weighted by Crippen LogP contribution is -2.09. The van der Waals surface area contributed by atoms with Crippen LogP contribution in [0.15, 0.2) is 5.16 Å². The molecule has 2 aliphatic rings. The first-order valence-electron chi connectivity index (χ1n) is 6.06. The second-order valence-corrected chi connectivity index (χ2v) is 4.57. The molecule has 0 saturated heterocycles. The molecule has 0 bridgehead atoms. The second-order valence-electron chi connectivity index (χ2n) is 4.57. The summed E-state index contributed by atoms with van der Waals surface area (Å²) in [6, 6.07) is 0. The summed E-state index contributed by atoms with van der Waals surface area (Å²) in [5, 5.41) is 4.03. The molecule has 79 valence electrons. The van der Waals surface area contributed by atoms with E-state index < -0.39 is 0 Å². The summed E-state index contributed by atoms with van der Waals surface area (Å²) in [6.07, 6.45) is 15.1. The van der Waals surface area contributed by atoms with Crippen LogP contribution >= 0.6 is 0 Å². The van der Waals surface area contributed by atoms with Gasteiger partial charge in [0, 0.05) is 5.92 Å². The number of nitrogens with zero attached hydrogens (tertiary/aromatic N) is 1. The quantitative estimate of drug-likeness (QED) is 0.498.